The number of amides is 1. The highest BCUT2D eigenvalue weighted by Gasteiger charge is 2.14. The molecule has 2 N–H and O–H groups in total. The number of hydrogen-bond acceptors (Lipinski definition) is 5. The maximum Gasteiger partial charge on any atom is 0.252 e. The van der Waals surface area contributed by atoms with Gasteiger partial charge in [-0.05, 0) is 49.7 Å². The first-order valence-electron chi connectivity index (χ1n) is 7.83. The van der Waals surface area contributed by atoms with Gasteiger partial charge in [0, 0.05) is 30.4 Å². The summed E-state index contributed by atoms with van der Waals surface area (Å²) in [6, 6.07) is 7.04. The lowest BCUT2D eigenvalue weighted by molar-refractivity contribution is -0.116. The van der Waals surface area contributed by atoms with Gasteiger partial charge in [0.15, 0.2) is 0 Å². The molecule has 0 aliphatic heterocycles. The van der Waals surface area contributed by atoms with Crippen LogP contribution in [-0.2, 0) is 11.8 Å². The number of H-pyrrole nitrogens is 1. The van der Waals surface area contributed by atoms with Gasteiger partial charge in [0.05, 0.1) is 11.4 Å². The van der Waals surface area contributed by atoms with Crippen LogP contribution in [0, 0.1) is 6.92 Å². The zero-order chi connectivity index (χ0) is 18.8. The van der Waals surface area contributed by atoms with Crippen LogP contribution in [0.2, 0.25) is 5.15 Å². The van der Waals surface area contributed by atoms with Crippen LogP contribution in [0.3, 0.4) is 0 Å². The maximum absolute atomic E-state index is 12.2. The number of rotatable bonds is 5. The number of anilines is 1. The van der Waals surface area contributed by atoms with Gasteiger partial charge in [0.2, 0.25) is 5.91 Å². The minimum atomic E-state index is -0.211. The Morgan fingerprint density at radius 1 is 1.42 bits per heavy atom. The summed E-state index contributed by atoms with van der Waals surface area (Å²) in [4.78, 5) is 24.8. The van der Waals surface area contributed by atoms with Crippen molar-refractivity contribution in [3.8, 4) is 0 Å². The predicted octanol–water partition coefficient (Wildman–Crippen LogP) is 2.80. The Kier molecular flexibility index (Phi) is 5.36. The first kappa shape index (κ1) is 18.5. The number of aromatic amines is 1. The van der Waals surface area contributed by atoms with Crippen molar-refractivity contribution in [3.63, 3.8) is 0 Å². The molecule has 3 rings (SSSR count). The Hall–Kier alpha value is -2.29. The molecule has 1 amide bonds. The third-order valence-electron chi connectivity index (χ3n) is 3.73. The van der Waals surface area contributed by atoms with E-state index in [1.54, 1.807) is 23.6 Å². The van der Waals surface area contributed by atoms with Crippen molar-refractivity contribution in [2.24, 2.45) is 7.05 Å². The van der Waals surface area contributed by atoms with Crippen LogP contribution in [0.5, 0.6) is 0 Å². The van der Waals surface area contributed by atoms with Crippen molar-refractivity contribution in [2.75, 3.05) is 18.9 Å². The summed E-state index contributed by atoms with van der Waals surface area (Å²) < 4.78 is 3.24. The van der Waals surface area contributed by atoms with Crippen LogP contribution in [0.15, 0.2) is 40.2 Å². The van der Waals surface area contributed by atoms with Crippen molar-refractivity contribution < 1.29 is 4.79 Å². The molecule has 0 saturated carbocycles. The van der Waals surface area contributed by atoms with Crippen LogP contribution >= 0.6 is 23.5 Å². The van der Waals surface area contributed by atoms with E-state index in [1.165, 1.54) is 22.6 Å². The molecule has 0 fully saturated rings. The van der Waals surface area contributed by atoms with Crippen molar-refractivity contribution in [1.82, 2.24) is 19.1 Å². The molecule has 0 aliphatic rings. The number of aromatic nitrogens is 3. The van der Waals surface area contributed by atoms with E-state index in [0.29, 0.717) is 10.8 Å². The summed E-state index contributed by atoms with van der Waals surface area (Å²) in [7, 11) is 3.47. The second-order valence-corrected chi connectivity index (χ2v) is 7.61. The lowest BCUT2D eigenvalue weighted by Crippen LogP contribution is -2.26. The first-order chi connectivity index (χ1) is 12.3. The van der Waals surface area contributed by atoms with E-state index in [1.807, 2.05) is 26.1 Å². The molecule has 0 radical (unpaired) electrons. The number of nitrogens with zero attached hydrogens (tertiary/aromatic N) is 3. The van der Waals surface area contributed by atoms with Crippen molar-refractivity contribution in [2.45, 2.75) is 11.8 Å². The van der Waals surface area contributed by atoms with Crippen LogP contribution < -0.4 is 10.9 Å². The Bertz CT molecular complexity index is 1030. The fraction of sp³-hybridized carbons (Fsp3) is 0.235. The molecular weight excluding hydrogens is 374 g/mol. The monoisotopic (exact) mass is 391 g/mol. The predicted molar refractivity (Wildman–Crippen MR) is 105 cm³/mol. The molecular formula is C17H18ClN5O2S. The minimum Gasteiger partial charge on any atom is -0.325 e. The Labute approximate surface area is 159 Å². The number of nitrogens with one attached hydrogen (secondary N) is 2. The third kappa shape index (κ3) is 4.09. The number of carbonyl (C=O) groups excluding carboxylic acids is 1. The molecule has 7 nitrogen and oxygen atoms in total. The minimum absolute atomic E-state index is 0.146. The first-order valence-corrected chi connectivity index (χ1v) is 8.98. The van der Waals surface area contributed by atoms with Gasteiger partial charge < -0.3 is 9.88 Å². The summed E-state index contributed by atoms with van der Waals surface area (Å²) in [5.41, 5.74) is 2.13. The van der Waals surface area contributed by atoms with E-state index in [4.69, 9.17) is 11.6 Å². The molecule has 0 saturated heterocycles. The van der Waals surface area contributed by atoms with Gasteiger partial charge in [0.25, 0.3) is 5.56 Å². The van der Waals surface area contributed by atoms with E-state index in [2.05, 4.69) is 15.5 Å². The summed E-state index contributed by atoms with van der Waals surface area (Å²) >= 11 is 7.53. The molecule has 0 spiro atoms. The smallest absolute Gasteiger partial charge is 0.252 e. The molecule has 9 heteroatoms. The van der Waals surface area contributed by atoms with Crippen molar-refractivity contribution in [3.05, 3.63) is 51.5 Å². The number of fused-ring (bicyclic) bond motifs is 1. The summed E-state index contributed by atoms with van der Waals surface area (Å²) in [6.45, 7) is 2.13. The number of carbonyl (C=O) groups is 1. The number of aryl methyl sites for hydroxylation is 2. The van der Waals surface area contributed by atoms with E-state index in [-0.39, 0.29) is 18.0 Å². The maximum atomic E-state index is 12.2. The van der Waals surface area contributed by atoms with Crippen LogP contribution in [0.4, 0.5) is 5.69 Å². The second-order valence-electron chi connectivity index (χ2n) is 5.99. The third-order valence-corrected chi connectivity index (χ3v) is 4.97. The fourth-order valence-corrected chi connectivity index (χ4v) is 3.68. The van der Waals surface area contributed by atoms with Gasteiger partial charge in [-0.2, -0.15) is 5.10 Å². The fourth-order valence-electron chi connectivity index (χ4n) is 2.49. The van der Waals surface area contributed by atoms with Gasteiger partial charge in [-0.15, -0.1) is 0 Å². The van der Waals surface area contributed by atoms with Crippen molar-refractivity contribution >= 4 is 46.0 Å². The molecule has 0 aliphatic carbocycles. The largest absolute Gasteiger partial charge is 0.325 e. The van der Waals surface area contributed by atoms with E-state index < -0.39 is 0 Å². The van der Waals surface area contributed by atoms with Gasteiger partial charge in [-0.1, -0.05) is 11.6 Å². The summed E-state index contributed by atoms with van der Waals surface area (Å²) in [5, 5.41) is 11.1. The highest BCUT2D eigenvalue weighted by atomic mass is 35.5. The highest BCUT2D eigenvalue weighted by molar-refractivity contribution is 7.97. The van der Waals surface area contributed by atoms with Gasteiger partial charge in [-0.3, -0.25) is 14.7 Å². The average Bonchev–Trinajstić information content (AvgIpc) is 2.92. The van der Waals surface area contributed by atoms with Gasteiger partial charge in [0.1, 0.15) is 10.7 Å². The number of hydrogen-bond donors (Lipinski definition) is 2. The zero-order valence-corrected chi connectivity index (χ0v) is 16.1. The molecule has 0 atom stereocenters. The SMILES string of the molecule is Cc1cc(SN(C)CC(=O)Nc2ccn(C)c(=O)c2)c2n[nH]c(Cl)c2c1. The molecule has 2 heterocycles. The van der Waals surface area contributed by atoms with E-state index in [0.717, 1.165) is 21.4 Å². The van der Waals surface area contributed by atoms with Crippen molar-refractivity contribution in [1.29, 1.82) is 0 Å². The Morgan fingerprint density at radius 3 is 2.92 bits per heavy atom. The number of benzene rings is 1. The lowest BCUT2D eigenvalue weighted by atomic mass is 10.2. The summed E-state index contributed by atoms with van der Waals surface area (Å²) in [5.74, 6) is -0.211. The second kappa shape index (κ2) is 7.53. The topological polar surface area (TPSA) is 83.0 Å². The highest BCUT2D eigenvalue weighted by Crippen LogP contribution is 2.32. The molecule has 2 aromatic heterocycles. The molecule has 0 bridgehead atoms. The average molecular weight is 392 g/mol. The molecule has 0 unspecified atom stereocenters. The lowest BCUT2D eigenvalue weighted by Gasteiger charge is -2.16. The van der Waals surface area contributed by atoms with Gasteiger partial charge >= 0.3 is 0 Å². The van der Waals surface area contributed by atoms with E-state index >= 15 is 0 Å². The Morgan fingerprint density at radius 2 is 2.19 bits per heavy atom. The normalized spacial score (nSPS) is 11.3. The summed E-state index contributed by atoms with van der Waals surface area (Å²) in [6.07, 6.45) is 1.61. The van der Waals surface area contributed by atoms with E-state index in [9.17, 15) is 9.59 Å². The van der Waals surface area contributed by atoms with Crippen LogP contribution in [0.25, 0.3) is 10.9 Å². The molecule has 1 aromatic carbocycles. The van der Waals surface area contributed by atoms with Gasteiger partial charge in [-0.25, -0.2) is 4.31 Å². The zero-order valence-electron chi connectivity index (χ0n) is 14.5. The Balaban J connectivity index is 1.69. The molecule has 26 heavy (non-hydrogen) atoms. The standard InChI is InChI=1S/C17H18ClN5O2S/c1-10-6-12-16(20-21-17(12)18)13(7-10)26-23(3)9-14(24)19-11-4-5-22(2)15(25)8-11/h4-8H,9H2,1-3H3,(H,19,24)(H,20,21). The van der Waals surface area contributed by atoms with Crippen LogP contribution in [0.1, 0.15) is 5.56 Å². The number of halogens is 1. The molecule has 3 aromatic rings. The quantitative estimate of drug-likeness (QED) is 0.653. The number of likely N-dealkylation sites (N-methyl/N-ethyl adjacent to an activating group) is 1. The van der Waals surface area contributed by atoms with Crippen LogP contribution in [-0.4, -0.2) is 38.6 Å². The molecule has 136 valence electrons. The number of pyridine rings is 1.